The van der Waals surface area contributed by atoms with Crippen LogP contribution in [0.2, 0.25) is 0 Å². The Kier molecular flexibility index (Phi) is 6.67. The summed E-state index contributed by atoms with van der Waals surface area (Å²) in [5.41, 5.74) is 19.0. The molecule has 0 amide bonds. The zero-order chi connectivity index (χ0) is 18.3. The molecule has 132 valence electrons. The molecule has 0 saturated heterocycles. The van der Waals surface area contributed by atoms with Crippen molar-refractivity contribution in [1.29, 1.82) is 0 Å². The highest BCUT2D eigenvalue weighted by Gasteiger charge is 2.08. The Bertz CT molecular complexity index is 773. The van der Waals surface area contributed by atoms with Gasteiger partial charge in [0, 0.05) is 12.3 Å². The monoisotopic (exact) mass is 358 g/mol. The summed E-state index contributed by atoms with van der Waals surface area (Å²) >= 11 is 0. The van der Waals surface area contributed by atoms with Crippen LogP contribution in [0.4, 0.5) is 29.0 Å². The molecule has 12 heteroatoms. The van der Waals surface area contributed by atoms with E-state index in [1.807, 2.05) is 24.3 Å². The van der Waals surface area contributed by atoms with Gasteiger partial charge in [0.05, 0.1) is 0 Å². The normalized spacial score (nSPS) is 10.6. The molecule has 0 radical (unpaired) electrons. The SMILES string of the molecule is Nc1nc(N)c(N)c(Nc2ccc(CCO)cc2)n1.O=S(=O)(O)O. The summed E-state index contributed by atoms with van der Waals surface area (Å²) in [4.78, 5) is 7.76. The van der Waals surface area contributed by atoms with Crippen LogP contribution in [0.5, 0.6) is 0 Å². The summed E-state index contributed by atoms with van der Waals surface area (Å²) in [5.74, 6) is 0.581. The quantitative estimate of drug-likeness (QED) is 0.357. The zero-order valence-electron chi connectivity index (χ0n) is 12.4. The highest BCUT2D eigenvalue weighted by atomic mass is 32.3. The number of anilines is 5. The minimum Gasteiger partial charge on any atom is -0.396 e. The van der Waals surface area contributed by atoms with Gasteiger partial charge in [-0.05, 0) is 24.1 Å². The van der Waals surface area contributed by atoms with Gasteiger partial charge in [-0.15, -0.1) is 0 Å². The average Bonchev–Trinajstić information content (AvgIpc) is 2.45. The van der Waals surface area contributed by atoms with E-state index in [0.717, 1.165) is 11.3 Å². The number of hydrogen-bond acceptors (Lipinski definition) is 9. The molecular formula is C12H18N6O5S. The first-order valence-corrected chi connectivity index (χ1v) is 7.85. The van der Waals surface area contributed by atoms with Crippen molar-refractivity contribution < 1.29 is 22.6 Å². The van der Waals surface area contributed by atoms with Crippen LogP contribution in [0.3, 0.4) is 0 Å². The maximum absolute atomic E-state index is 8.84. The molecule has 0 aliphatic heterocycles. The van der Waals surface area contributed by atoms with Gasteiger partial charge in [0.1, 0.15) is 5.69 Å². The van der Waals surface area contributed by atoms with E-state index >= 15 is 0 Å². The van der Waals surface area contributed by atoms with E-state index in [2.05, 4.69) is 15.3 Å². The Balaban J connectivity index is 0.000000505. The minimum atomic E-state index is -4.67. The Hall–Kier alpha value is -2.67. The predicted octanol–water partition coefficient (Wildman–Crippen LogP) is -0.151. The van der Waals surface area contributed by atoms with E-state index < -0.39 is 10.4 Å². The number of aliphatic hydroxyl groups excluding tert-OH is 1. The maximum atomic E-state index is 8.84. The largest absolute Gasteiger partial charge is 0.396 e. The fourth-order valence-electron chi connectivity index (χ4n) is 1.62. The van der Waals surface area contributed by atoms with Crippen LogP contribution in [0.25, 0.3) is 0 Å². The molecule has 0 unspecified atom stereocenters. The van der Waals surface area contributed by atoms with Crippen LogP contribution in [0.15, 0.2) is 24.3 Å². The van der Waals surface area contributed by atoms with Gasteiger partial charge in [-0.1, -0.05) is 12.1 Å². The van der Waals surface area contributed by atoms with Gasteiger partial charge in [-0.2, -0.15) is 18.4 Å². The molecule has 11 nitrogen and oxygen atoms in total. The summed E-state index contributed by atoms with van der Waals surface area (Å²) in [6.45, 7) is 0.124. The summed E-state index contributed by atoms with van der Waals surface area (Å²) in [7, 11) is -4.67. The number of aromatic nitrogens is 2. The molecule has 1 heterocycles. The first-order chi connectivity index (χ1) is 11.1. The molecule has 0 aliphatic rings. The van der Waals surface area contributed by atoms with Crippen molar-refractivity contribution in [2.45, 2.75) is 6.42 Å². The summed E-state index contributed by atoms with van der Waals surface area (Å²) in [6, 6.07) is 7.53. The molecule has 24 heavy (non-hydrogen) atoms. The Morgan fingerprint density at radius 2 is 1.58 bits per heavy atom. The first kappa shape index (κ1) is 19.4. The van der Waals surface area contributed by atoms with Gasteiger partial charge in [0.2, 0.25) is 5.95 Å². The molecule has 0 atom stereocenters. The van der Waals surface area contributed by atoms with E-state index in [-0.39, 0.29) is 24.1 Å². The van der Waals surface area contributed by atoms with Crippen LogP contribution in [0.1, 0.15) is 5.56 Å². The van der Waals surface area contributed by atoms with E-state index in [1.54, 1.807) is 0 Å². The Morgan fingerprint density at radius 1 is 1.04 bits per heavy atom. The molecular weight excluding hydrogens is 340 g/mol. The fraction of sp³-hybridized carbons (Fsp3) is 0.167. The van der Waals surface area contributed by atoms with Crippen LogP contribution in [0, 0.1) is 0 Å². The van der Waals surface area contributed by atoms with E-state index in [9.17, 15) is 0 Å². The van der Waals surface area contributed by atoms with Gasteiger partial charge < -0.3 is 27.6 Å². The van der Waals surface area contributed by atoms with Gasteiger partial charge in [-0.25, -0.2) is 0 Å². The number of nitrogens with two attached hydrogens (primary N) is 3. The number of hydrogen-bond donors (Lipinski definition) is 7. The fourth-order valence-corrected chi connectivity index (χ4v) is 1.62. The highest BCUT2D eigenvalue weighted by Crippen LogP contribution is 2.25. The van der Waals surface area contributed by atoms with Crippen molar-refractivity contribution in [2.24, 2.45) is 0 Å². The number of nitrogen functional groups attached to an aromatic ring is 3. The standard InChI is InChI=1S/C12H16N6O.H2O4S/c13-9-10(14)17-12(15)18-11(9)16-8-3-1-7(2-4-8)5-6-19;1-5(2,3)4/h1-4,19H,5-6,13H2,(H5,14,15,16,17,18);(H2,1,2,3,4). The van der Waals surface area contributed by atoms with Crippen molar-refractivity contribution in [3.63, 3.8) is 0 Å². The van der Waals surface area contributed by atoms with Crippen LogP contribution in [-0.2, 0) is 16.8 Å². The van der Waals surface area contributed by atoms with Gasteiger partial charge in [0.15, 0.2) is 11.6 Å². The smallest absolute Gasteiger partial charge is 0.394 e. The molecule has 1 aromatic heterocycles. The second-order valence-corrected chi connectivity index (χ2v) is 5.37. The molecule has 1 aromatic carbocycles. The molecule has 2 rings (SSSR count). The highest BCUT2D eigenvalue weighted by molar-refractivity contribution is 7.79. The lowest BCUT2D eigenvalue weighted by molar-refractivity contribution is 0.299. The van der Waals surface area contributed by atoms with Gasteiger partial charge in [-0.3, -0.25) is 9.11 Å². The third-order valence-electron chi connectivity index (χ3n) is 2.61. The molecule has 10 N–H and O–H groups in total. The number of rotatable bonds is 4. The van der Waals surface area contributed by atoms with E-state index in [4.69, 9.17) is 39.8 Å². The van der Waals surface area contributed by atoms with Crippen molar-refractivity contribution in [1.82, 2.24) is 9.97 Å². The van der Waals surface area contributed by atoms with Crippen molar-refractivity contribution in [3.05, 3.63) is 29.8 Å². The topological polar surface area (TPSA) is 211 Å². The average molecular weight is 358 g/mol. The van der Waals surface area contributed by atoms with Gasteiger partial charge in [0.25, 0.3) is 0 Å². The summed E-state index contributed by atoms with van der Waals surface area (Å²) < 4.78 is 31.6. The lowest BCUT2D eigenvalue weighted by Gasteiger charge is -2.10. The lowest BCUT2D eigenvalue weighted by atomic mass is 10.1. The maximum Gasteiger partial charge on any atom is 0.394 e. The second-order valence-electron chi connectivity index (χ2n) is 4.47. The van der Waals surface area contributed by atoms with Crippen LogP contribution >= 0.6 is 0 Å². The zero-order valence-corrected chi connectivity index (χ0v) is 13.2. The lowest BCUT2D eigenvalue weighted by Crippen LogP contribution is -2.08. The number of aliphatic hydroxyl groups is 1. The molecule has 0 fully saturated rings. The molecule has 2 aromatic rings. The minimum absolute atomic E-state index is 0.0612. The summed E-state index contributed by atoms with van der Waals surface area (Å²) in [6.07, 6.45) is 0.621. The molecule has 0 saturated carbocycles. The molecule has 0 bridgehead atoms. The van der Waals surface area contributed by atoms with E-state index in [1.165, 1.54) is 0 Å². The van der Waals surface area contributed by atoms with Crippen LogP contribution < -0.4 is 22.5 Å². The van der Waals surface area contributed by atoms with Crippen LogP contribution in [-0.4, -0.2) is 39.2 Å². The van der Waals surface area contributed by atoms with Crippen molar-refractivity contribution >= 4 is 39.4 Å². The Labute approximate surface area is 138 Å². The Morgan fingerprint density at radius 3 is 2.08 bits per heavy atom. The van der Waals surface area contributed by atoms with Crippen molar-refractivity contribution in [2.75, 3.05) is 29.1 Å². The molecule has 0 spiro atoms. The van der Waals surface area contributed by atoms with Crippen molar-refractivity contribution in [3.8, 4) is 0 Å². The van der Waals surface area contributed by atoms with E-state index in [0.29, 0.717) is 12.2 Å². The third-order valence-corrected chi connectivity index (χ3v) is 2.61. The predicted molar refractivity (Wildman–Crippen MR) is 90.0 cm³/mol. The van der Waals surface area contributed by atoms with Gasteiger partial charge >= 0.3 is 10.4 Å². The first-order valence-electron chi connectivity index (χ1n) is 6.45. The second kappa shape index (κ2) is 8.26. The number of nitrogens with zero attached hydrogens (tertiary/aromatic N) is 2. The third kappa shape index (κ3) is 7.06. The molecule has 0 aliphatic carbocycles. The summed E-state index contributed by atoms with van der Waals surface area (Å²) in [5, 5.41) is 11.9. The number of benzene rings is 1. The number of nitrogens with one attached hydrogen (secondary N) is 1.